The second kappa shape index (κ2) is 15.2. The number of carbonyl (C=O) groups excluding carboxylic acids is 2. The van der Waals surface area contributed by atoms with Crippen molar-refractivity contribution in [1.29, 1.82) is 0 Å². The molecule has 3 saturated heterocycles. The molecule has 0 aromatic heterocycles. The lowest BCUT2D eigenvalue weighted by Gasteiger charge is -2.50. The quantitative estimate of drug-likeness (QED) is 0.0981. The minimum absolute atomic E-state index is 0.738. The normalized spacial score (nSPS) is 43.6. The zero-order valence-electron chi connectivity index (χ0n) is 24.6. The zero-order chi connectivity index (χ0) is 34.0. The van der Waals surface area contributed by atoms with E-state index in [9.17, 15) is 60.3 Å². The van der Waals surface area contributed by atoms with Crippen LogP contribution in [0.4, 0.5) is 0 Å². The highest BCUT2D eigenvalue weighted by molar-refractivity contribution is 5.76. The highest BCUT2D eigenvalue weighted by Gasteiger charge is 2.57. The molecule has 0 radical (unpaired) electrons. The summed E-state index contributed by atoms with van der Waals surface area (Å²) >= 11 is 0. The van der Waals surface area contributed by atoms with Crippen LogP contribution in [0.25, 0.3) is 0 Å². The summed E-state index contributed by atoms with van der Waals surface area (Å²) in [6.45, 7) is 1.59. The van der Waals surface area contributed by atoms with Gasteiger partial charge in [-0.05, 0) is 6.92 Å². The lowest BCUT2D eigenvalue weighted by Crippen LogP contribution is -2.71. The van der Waals surface area contributed by atoms with Crippen LogP contribution >= 0.6 is 0 Å². The first-order chi connectivity index (χ1) is 20.9. The van der Waals surface area contributed by atoms with E-state index in [-0.39, 0.29) is 0 Å². The maximum atomic E-state index is 12.3. The summed E-state index contributed by atoms with van der Waals surface area (Å²) in [7, 11) is 0. The topological polar surface area (TPSA) is 330 Å². The predicted octanol–water partition coefficient (Wildman–Crippen LogP) is -7.09. The molecule has 20 heteroatoms. The van der Waals surface area contributed by atoms with Gasteiger partial charge in [-0.3, -0.25) is 9.59 Å². The average Bonchev–Trinajstić information content (AvgIpc) is 2.96. The summed E-state index contributed by atoms with van der Waals surface area (Å²) in [6.07, 6.45) is -20.7. The summed E-state index contributed by atoms with van der Waals surface area (Å²) in [4.78, 5) is 36.1. The molecule has 260 valence electrons. The molecule has 3 heterocycles. The fourth-order valence-electron chi connectivity index (χ4n) is 5.50. The SMILES string of the molecule is CC(=O)N[C@H]1[C@H](O[C@@H]([C@@H]2O[C@](O)(C(=O)O)C[C@H](O)[C@H]2NC(C)=O)[C@H](O)CO)O[C@H](CO)[C@@H](O)[C@@H]1O[C@@H]1O[C@@H](C)[C@@H](O)[C@@H](O)[C@@H]1N. The first kappa shape index (κ1) is 37.3. The molecule has 3 aliphatic heterocycles. The Kier molecular flexibility index (Phi) is 12.6. The first-order valence-corrected chi connectivity index (χ1v) is 14.1. The Labute approximate surface area is 256 Å². The Hall–Kier alpha value is -2.15. The molecule has 0 aliphatic carbocycles. The predicted molar refractivity (Wildman–Crippen MR) is 142 cm³/mol. The van der Waals surface area contributed by atoms with E-state index in [1.54, 1.807) is 0 Å². The van der Waals surface area contributed by atoms with Crippen LogP contribution in [0.1, 0.15) is 27.2 Å². The molecule has 0 saturated carbocycles. The van der Waals surface area contributed by atoms with Crippen LogP contribution in [0.3, 0.4) is 0 Å². The number of nitrogens with two attached hydrogens (primary N) is 1. The van der Waals surface area contributed by atoms with Crippen molar-refractivity contribution in [2.24, 2.45) is 5.73 Å². The monoisotopic (exact) mass is 657 g/mol. The first-order valence-electron chi connectivity index (χ1n) is 14.1. The van der Waals surface area contributed by atoms with Crippen molar-refractivity contribution in [2.75, 3.05) is 13.2 Å². The van der Waals surface area contributed by atoms with Crippen molar-refractivity contribution in [3.05, 3.63) is 0 Å². The van der Waals surface area contributed by atoms with Crippen LogP contribution in [-0.2, 0) is 38.1 Å². The lowest BCUT2D eigenvalue weighted by atomic mass is 9.88. The van der Waals surface area contributed by atoms with E-state index >= 15 is 0 Å². The van der Waals surface area contributed by atoms with Gasteiger partial charge in [-0.2, -0.15) is 0 Å². The second-order valence-electron chi connectivity index (χ2n) is 11.3. The van der Waals surface area contributed by atoms with Crippen LogP contribution in [0.15, 0.2) is 0 Å². The summed E-state index contributed by atoms with van der Waals surface area (Å²) in [6, 6.07) is -4.47. The smallest absolute Gasteiger partial charge is 0.364 e. The lowest BCUT2D eigenvalue weighted by molar-refractivity contribution is -0.348. The minimum Gasteiger partial charge on any atom is -0.477 e. The number of nitrogens with one attached hydrogen (secondary N) is 2. The molecule has 45 heavy (non-hydrogen) atoms. The average molecular weight is 658 g/mol. The van der Waals surface area contributed by atoms with E-state index in [0.29, 0.717) is 0 Å². The third-order valence-corrected chi connectivity index (χ3v) is 7.87. The third kappa shape index (κ3) is 8.23. The van der Waals surface area contributed by atoms with E-state index in [4.69, 9.17) is 29.4 Å². The summed E-state index contributed by atoms with van der Waals surface area (Å²) in [5, 5.41) is 97.8. The zero-order valence-corrected chi connectivity index (χ0v) is 24.6. The number of hydrogen-bond acceptors (Lipinski definition) is 17. The van der Waals surface area contributed by atoms with Gasteiger partial charge in [0.2, 0.25) is 11.8 Å². The van der Waals surface area contributed by atoms with Crippen molar-refractivity contribution in [3.8, 4) is 0 Å². The van der Waals surface area contributed by atoms with Crippen LogP contribution < -0.4 is 16.4 Å². The molecule has 3 rings (SSSR count). The van der Waals surface area contributed by atoms with Crippen LogP contribution in [-0.4, -0.2) is 174 Å². The number of rotatable bonds is 11. The Morgan fingerprint density at radius 2 is 1.58 bits per heavy atom. The minimum atomic E-state index is -3.05. The fourth-order valence-corrected chi connectivity index (χ4v) is 5.50. The molecule has 0 aromatic rings. The van der Waals surface area contributed by atoms with Crippen molar-refractivity contribution >= 4 is 17.8 Å². The maximum Gasteiger partial charge on any atom is 0.364 e. The molecule has 13 N–H and O–H groups in total. The fraction of sp³-hybridized carbons (Fsp3) is 0.880. The molecule has 2 amide bonds. The highest BCUT2D eigenvalue weighted by atomic mass is 16.7. The Bertz CT molecular complexity index is 1040. The molecule has 0 aromatic carbocycles. The summed E-state index contributed by atoms with van der Waals surface area (Å²) < 4.78 is 28.4. The number of aliphatic hydroxyl groups excluding tert-OH is 7. The van der Waals surface area contributed by atoms with Crippen molar-refractivity contribution < 1.29 is 84.0 Å². The van der Waals surface area contributed by atoms with E-state index in [0.717, 1.165) is 13.8 Å². The van der Waals surface area contributed by atoms with Gasteiger partial charge in [0.1, 0.15) is 54.9 Å². The molecular formula is C25H43N3O17. The molecule has 3 aliphatic rings. The molecule has 16 atom stereocenters. The van der Waals surface area contributed by atoms with Gasteiger partial charge >= 0.3 is 5.97 Å². The number of carbonyl (C=O) groups is 3. The summed E-state index contributed by atoms with van der Waals surface area (Å²) in [5.41, 5.74) is 5.99. The Morgan fingerprint density at radius 1 is 0.978 bits per heavy atom. The number of amides is 2. The second-order valence-corrected chi connectivity index (χ2v) is 11.3. The van der Waals surface area contributed by atoms with Gasteiger partial charge in [-0.1, -0.05) is 0 Å². The number of ether oxygens (including phenoxy) is 5. The van der Waals surface area contributed by atoms with Gasteiger partial charge in [0, 0.05) is 20.3 Å². The van der Waals surface area contributed by atoms with Gasteiger partial charge in [0.05, 0.1) is 37.5 Å². The van der Waals surface area contributed by atoms with Crippen molar-refractivity contribution in [3.63, 3.8) is 0 Å². The largest absolute Gasteiger partial charge is 0.477 e. The van der Waals surface area contributed by atoms with Gasteiger partial charge < -0.3 is 86.0 Å². The molecule has 0 spiro atoms. The molecule has 0 bridgehead atoms. The number of aliphatic hydroxyl groups is 8. The number of aliphatic carboxylic acids is 1. The van der Waals surface area contributed by atoms with E-state index in [2.05, 4.69) is 10.6 Å². The number of carboxylic acid groups (broad SMARTS) is 1. The van der Waals surface area contributed by atoms with Crippen LogP contribution in [0.5, 0.6) is 0 Å². The Morgan fingerprint density at radius 3 is 2.11 bits per heavy atom. The Balaban J connectivity index is 2.04. The van der Waals surface area contributed by atoms with Crippen LogP contribution in [0, 0.1) is 0 Å². The van der Waals surface area contributed by atoms with Gasteiger partial charge in [0.25, 0.3) is 5.79 Å². The third-order valence-electron chi connectivity index (χ3n) is 7.87. The maximum absolute atomic E-state index is 12.3. The highest BCUT2D eigenvalue weighted by Crippen LogP contribution is 2.35. The number of carboxylic acids is 1. The molecule has 20 nitrogen and oxygen atoms in total. The van der Waals surface area contributed by atoms with Crippen molar-refractivity contribution in [1.82, 2.24) is 10.6 Å². The van der Waals surface area contributed by atoms with Gasteiger partial charge in [-0.15, -0.1) is 0 Å². The van der Waals surface area contributed by atoms with Crippen molar-refractivity contribution in [2.45, 2.75) is 125 Å². The molecular weight excluding hydrogens is 614 g/mol. The van der Waals surface area contributed by atoms with Crippen LogP contribution in [0.2, 0.25) is 0 Å². The van der Waals surface area contributed by atoms with Gasteiger partial charge in [0.15, 0.2) is 12.6 Å². The van der Waals surface area contributed by atoms with E-state index < -0.39 is 135 Å². The molecule has 0 unspecified atom stereocenters. The molecule has 3 fully saturated rings. The number of hydrogen-bond donors (Lipinski definition) is 12. The summed E-state index contributed by atoms with van der Waals surface area (Å²) in [5.74, 6) is -6.46. The van der Waals surface area contributed by atoms with E-state index in [1.807, 2.05) is 0 Å². The van der Waals surface area contributed by atoms with Gasteiger partial charge in [-0.25, -0.2) is 4.79 Å². The van der Waals surface area contributed by atoms with E-state index in [1.165, 1.54) is 6.92 Å². The standard InChI is InChI=1S/C25H43N3O17/c1-7-16(35)18(37)13(26)22(41-7)44-20-15(28-9(3)32)23(42-12(6-30)17(20)36)43-19(11(34)5-29)21-14(27-8(2)31)10(33)4-25(40,45-21)24(38)39/h7,10-23,29-30,33-37,40H,4-6,26H2,1-3H3,(H,27,31)(H,28,32)(H,38,39)/t7-,10-,11+,12+,13-,14+,15+,16+,17+,18-,19+,20+,21+,22-,23-,25-/m0/s1.